The zero-order chi connectivity index (χ0) is 14.1. The molecule has 0 fully saturated rings. The van der Waals surface area contributed by atoms with Crippen LogP contribution in [-0.4, -0.2) is 15.1 Å². The van der Waals surface area contributed by atoms with Crippen LogP contribution >= 0.6 is 11.3 Å². The van der Waals surface area contributed by atoms with Crippen molar-refractivity contribution in [2.24, 2.45) is 0 Å². The molecule has 1 N–H and O–H groups in total. The minimum Gasteiger partial charge on any atom is -0.508 e. The highest BCUT2D eigenvalue weighted by Crippen LogP contribution is 2.32. The van der Waals surface area contributed by atoms with Gasteiger partial charge < -0.3 is 5.11 Å². The third-order valence-corrected chi connectivity index (χ3v) is 3.90. The first-order valence-electron chi connectivity index (χ1n) is 6.02. The normalized spacial score (nSPS) is 10.7. The minimum atomic E-state index is -0.361. The molecular weight excluding hydrogens is 275 g/mol. The summed E-state index contributed by atoms with van der Waals surface area (Å²) in [6.45, 7) is 1.96. The Balaban J connectivity index is 2.02. The van der Waals surface area contributed by atoms with Crippen LogP contribution in [0.4, 0.5) is 4.39 Å². The molecule has 0 spiro atoms. The van der Waals surface area contributed by atoms with E-state index in [2.05, 4.69) is 9.97 Å². The minimum absolute atomic E-state index is 0.224. The van der Waals surface area contributed by atoms with E-state index in [0.29, 0.717) is 5.69 Å². The maximum Gasteiger partial charge on any atom is 0.141 e. The van der Waals surface area contributed by atoms with E-state index in [1.54, 1.807) is 29.5 Å². The molecule has 5 heteroatoms. The molecule has 0 atom stereocenters. The Kier molecular flexibility index (Phi) is 3.20. The predicted octanol–water partition coefficient (Wildman–Crippen LogP) is 4.03. The SMILES string of the molecule is Cc1sc(-c2ccc(O)cc2)nc1-c1ccc(F)cn1. The van der Waals surface area contributed by atoms with Crippen LogP contribution in [0.25, 0.3) is 22.0 Å². The molecular formula is C15H11FN2OS. The number of hydrogen-bond donors (Lipinski definition) is 1. The van der Waals surface area contributed by atoms with Crippen molar-refractivity contribution in [1.29, 1.82) is 0 Å². The van der Waals surface area contributed by atoms with E-state index in [1.165, 1.54) is 12.3 Å². The van der Waals surface area contributed by atoms with E-state index in [9.17, 15) is 9.50 Å². The van der Waals surface area contributed by atoms with Crippen molar-refractivity contribution >= 4 is 11.3 Å². The van der Waals surface area contributed by atoms with Gasteiger partial charge in [0.1, 0.15) is 22.3 Å². The maximum absolute atomic E-state index is 12.9. The quantitative estimate of drug-likeness (QED) is 0.773. The fourth-order valence-electron chi connectivity index (χ4n) is 1.88. The van der Waals surface area contributed by atoms with Crippen molar-refractivity contribution in [2.45, 2.75) is 6.92 Å². The number of halogens is 1. The van der Waals surface area contributed by atoms with Crippen molar-refractivity contribution in [1.82, 2.24) is 9.97 Å². The number of aromatic nitrogens is 2. The Hall–Kier alpha value is -2.27. The molecule has 3 nitrogen and oxygen atoms in total. The van der Waals surface area contributed by atoms with Gasteiger partial charge in [0.15, 0.2) is 0 Å². The van der Waals surface area contributed by atoms with Crippen LogP contribution in [0.3, 0.4) is 0 Å². The molecule has 20 heavy (non-hydrogen) atoms. The second-order valence-corrected chi connectivity index (χ2v) is 5.54. The van der Waals surface area contributed by atoms with Gasteiger partial charge in [-0.15, -0.1) is 11.3 Å². The van der Waals surface area contributed by atoms with Crippen molar-refractivity contribution in [3.63, 3.8) is 0 Å². The average molecular weight is 286 g/mol. The van der Waals surface area contributed by atoms with Gasteiger partial charge in [-0.05, 0) is 43.3 Å². The van der Waals surface area contributed by atoms with E-state index in [-0.39, 0.29) is 11.6 Å². The predicted molar refractivity (Wildman–Crippen MR) is 77.1 cm³/mol. The number of nitrogens with zero attached hydrogens (tertiary/aromatic N) is 2. The fraction of sp³-hybridized carbons (Fsp3) is 0.0667. The molecule has 0 aliphatic heterocycles. The van der Waals surface area contributed by atoms with Gasteiger partial charge in [-0.3, -0.25) is 4.98 Å². The van der Waals surface area contributed by atoms with Gasteiger partial charge >= 0.3 is 0 Å². The zero-order valence-electron chi connectivity index (χ0n) is 10.7. The fourth-order valence-corrected chi connectivity index (χ4v) is 2.81. The lowest BCUT2D eigenvalue weighted by Gasteiger charge is -1.97. The van der Waals surface area contributed by atoms with Gasteiger partial charge in [0.2, 0.25) is 0 Å². The Morgan fingerprint density at radius 2 is 1.85 bits per heavy atom. The van der Waals surface area contributed by atoms with E-state index < -0.39 is 0 Å². The molecule has 0 aliphatic carbocycles. The first kappa shape index (κ1) is 12.7. The molecule has 0 aliphatic rings. The second kappa shape index (κ2) is 5.02. The first-order valence-corrected chi connectivity index (χ1v) is 6.84. The molecule has 0 radical (unpaired) electrons. The Morgan fingerprint density at radius 3 is 2.50 bits per heavy atom. The van der Waals surface area contributed by atoms with Crippen LogP contribution in [0.15, 0.2) is 42.6 Å². The molecule has 0 saturated carbocycles. The summed E-state index contributed by atoms with van der Waals surface area (Å²) in [5.74, 6) is -0.136. The number of thiazole rings is 1. The van der Waals surface area contributed by atoms with Gasteiger partial charge in [-0.1, -0.05) is 0 Å². The van der Waals surface area contributed by atoms with Crippen LogP contribution in [-0.2, 0) is 0 Å². The van der Waals surface area contributed by atoms with Crippen LogP contribution in [0, 0.1) is 12.7 Å². The first-order chi connectivity index (χ1) is 9.63. The summed E-state index contributed by atoms with van der Waals surface area (Å²) in [7, 11) is 0. The third-order valence-electron chi connectivity index (χ3n) is 2.88. The summed E-state index contributed by atoms with van der Waals surface area (Å²) in [6.07, 6.45) is 1.19. The van der Waals surface area contributed by atoms with Crippen molar-refractivity contribution in [3.8, 4) is 27.7 Å². The zero-order valence-corrected chi connectivity index (χ0v) is 11.5. The molecule has 2 aromatic heterocycles. The monoisotopic (exact) mass is 286 g/mol. The number of phenols is 1. The number of aromatic hydroxyl groups is 1. The molecule has 2 heterocycles. The van der Waals surface area contributed by atoms with Crippen LogP contribution in [0.1, 0.15) is 4.88 Å². The summed E-state index contributed by atoms with van der Waals surface area (Å²) < 4.78 is 12.9. The second-order valence-electron chi connectivity index (χ2n) is 4.33. The highest BCUT2D eigenvalue weighted by atomic mass is 32.1. The van der Waals surface area contributed by atoms with Crippen LogP contribution < -0.4 is 0 Å². The lowest BCUT2D eigenvalue weighted by atomic mass is 10.2. The van der Waals surface area contributed by atoms with E-state index >= 15 is 0 Å². The largest absolute Gasteiger partial charge is 0.508 e. The molecule has 0 bridgehead atoms. The number of phenolic OH excluding ortho intramolecular Hbond substituents is 1. The molecule has 0 unspecified atom stereocenters. The van der Waals surface area contributed by atoms with Gasteiger partial charge in [-0.25, -0.2) is 9.37 Å². The summed E-state index contributed by atoms with van der Waals surface area (Å²) in [6, 6.07) is 9.88. The molecule has 3 aromatic rings. The standard InChI is InChI=1S/C15H11FN2OS/c1-9-14(13-7-4-11(16)8-17-13)18-15(20-9)10-2-5-12(19)6-3-10/h2-8,19H,1H3. The summed E-state index contributed by atoms with van der Waals surface area (Å²) in [5.41, 5.74) is 2.35. The average Bonchev–Trinajstić information content (AvgIpc) is 2.82. The number of hydrogen-bond acceptors (Lipinski definition) is 4. The topological polar surface area (TPSA) is 46.0 Å². The molecule has 0 amide bonds. The Bertz CT molecular complexity index is 736. The van der Waals surface area contributed by atoms with Gasteiger partial charge in [0, 0.05) is 10.4 Å². The van der Waals surface area contributed by atoms with Crippen LogP contribution in [0.2, 0.25) is 0 Å². The smallest absolute Gasteiger partial charge is 0.141 e. The summed E-state index contributed by atoms with van der Waals surface area (Å²) >= 11 is 1.55. The maximum atomic E-state index is 12.9. The highest BCUT2D eigenvalue weighted by Gasteiger charge is 2.12. The third kappa shape index (κ3) is 2.40. The van der Waals surface area contributed by atoms with Gasteiger partial charge in [-0.2, -0.15) is 0 Å². The van der Waals surface area contributed by atoms with Crippen molar-refractivity contribution in [2.75, 3.05) is 0 Å². The lowest BCUT2D eigenvalue weighted by Crippen LogP contribution is -1.86. The Labute approximate surface area is 119 Å². The molecule has 1 aromatic carbocycles. The van der Waals surface area contributed by atoms with Gasteiger partial charge in [0.05, 0.1) is 11.9 Å². The lowest BCUT2D eigenvalue weighted by molar-refractivity contribution is 0.475. The van der Waals surface area contributed by atoms with E-state index in [0.717, 1.165) is 21.1 Å². The molecule has 100 valence electrons. The molecule has 0 saturated heterocycles. The number of benzene rings is 1. The Morgan fingerprint density at radius 1 is 1.10 bits per heavy atom. The molecule has 3 rings (SSSR count). The van der Waals surface area contributed by atoms with Gasteiger partial charge in [0.25, 0.3) is 0 Å². The number of rotatable bonds is 2. The van der Waals surface area contributed by atoms with Crippen LogP contribution in [0.5, 0.6) is 5.75 Å². The van der Waals surface area contributed by atoms with E-state index in [1.807, 2.05) is 19.1 Å². The van der Waals surface area contributed by atoms with E-state index in [4.69, 9.17) is 0 Å². The number of aryl methyl sites for hydroxylation is 1. The number of pyridine rings is 1. The summed E-state index contributed by atoms with van der Waals surface area (Å²) in [4.78, 5) is 9.64. The highest BCUT2D eigenvalue weighted by molar-refractivity contribution is 7.15. The van der Waals surface area contributed by atoms with Crippen molar-refractivity contribution in [3.05, 3.63) is 53.3 Å². The van der Waals surface area contributed by atoms with Crippen molar-refractivity contribution < 1.29 is 9.50 Å². The summed E-state index contributed by atoms with van der Waals surface area (Å²) in [5, 5.41) is 10.2.